The van der Waals surface area contributed by atoms with Gasteiger partial charge in [-0.15, -0.1) is 0 Å². The highest BCUT2D eigenvalue weighted by molar-refractivity contribution is 5.85. The van der Waals surface area contributed by atoms with Crippen molar-refractivity contribution in [2.45, 2.75) is 57.4 Å². The lowest BCUT2D eigenvalue weighted by molar-refractivity contribution is -0.140. The van der Waals surface area contributed by atoms with Gasteiger partial charge in [-0.1, -0.05) is 84.0 Å². The maximum absolute atomic E-state index is 13.2. The number of benzene rings is 3. The van der Waals surface area contributed by atoms with E-state index in [2.05, 4.69) is 19.0 Å². The fraction of sp³-hybridized carbons (Fsp3) is 0.303. The predicted octanol–water partition coefficient (Wildman–Crippen LogP) is 6.76. The third kappa shape index (κ3) is 4.99. The molecule has 5 rings (SSSR count). The van der Waals surface area contributed by atoms with Crippen LogP contribution in [0.15, 0.2) is 83.4 Å². The molecule has 3 aromatic carbocycles. The smallest absolute Gasteiger partial charge is 0.314 e. The normalized spacial score (nSPS) is 14.2. The van der Waals surface area contributed by atoms with Crippen molar-refractivity contribution in [1.82, 2.24) is 10.1 Å². The van der Waals surface area contributed by atoms with Crippen LogP contribution in [0.1, 0.15) is 55.5 Å². The van der Waals surface area contributed by atoms with Crippen LogP contribution in [-0.2, 0) is 27.0 Å². The minimum Gasteiger partial charge on any atom is -0.481 e. The molecular weight excluding hydrogens is 488 g/mol. The van der Waals surface area contributed by atoms with E-state index in [9.17, 15) is 14.7 Å². The van der Waals surface area contributed by atoms with Crippen LogP contribution in [0.2, 0.25) is 0 Å². The summed E-state index contributed by atoms with van der Waals surface area (Å²) in [5.41, 5.74) is 5.51. The summed E-state index contributed by atoms with van der Waals surface area (Å²) in [7, 11) is 1.86. The van der Waals surface area contributed by atoms with Crippen molar-refractivity contribution in [2.24, 2.45) is 0 Å². The topological polar surface area (TPSA) is 83.6 Å². The first-order chi connectivity index (χ1) is 18.6. The first kappa shape index (κ1) is 26.4. The Bertz CT molecular complexity index is 1480. The number of carbonyl (C=O) groups is 2. The van der Waals surface area contributed by atoms with Crippen molar-refractivity contribution < 1.29 is 19.2 Å². The molecule has 0 saturated heterocycles. The molecular formula is C33H34N2O4. The van der Waals surface area contributed by atoms with E-state index in [-0.39, 0.29) is 5.91 Å². The molecule has 1 aromatic heterocycles. The quantitative estimate of drug-likeness (QED) is 0.263. The summed E-state index contributed by atoms with van der Waals surface area (Å²) < 4.78 is 5.71. The Morgan fingerprint density at radius 3 is 2.05 bits per heavy atom. The maximum Gasteiger partial charge on any atom is 0.314 e. The molecule has 4 aromatic rings. The van der Waals surface area contributed by atoms with Gasteiger partial charge in [-0.05, 0) is 62.3 Å². The van der Waals surface area contributed by atoms with E-state index in [0.29, 0.717) is 31.4 Å². The van der Waals surface area contributed by atoms with Crippen LogP contribution in [0, 0.1) is 6.92 Å². The van der Waals surface area contributed by atoms with Crippen LogP contribution in [0.25, 0.3) is 22.5 Å². The number of aliphatic carboxylic acids is 1. The SMILES string of the molecule is Cc1noc(-c2ccc(-c3ccc(C4(C(=O)O)CC4)cc3)cc2)c1CCC(=O)N(C)C(C)(C)c1ccccc1. The molecule has 1 fully saturated rings. The van der Waals surface area contributed by atoms with Gasteiger partial charge in [0.2, 0.25) is 5.91 Å². The van der Waals surface area contributed by atoms with Crippen LogP contribution in [-0.4, -0.2) is 34.1 Å². The van der Waals surface area contributed by atoms with Crippen LogP contribution < -0.4 is 0 Å². The fourth-order valence-electron chi connectivity index (χ4n) is 5.21. The predicted molar refractivity (Wildman–Crippen MR) is 151 cm³/mol. The number of carboxylic acids is 1. The van der Waals surface area contributed by atoms with E-state index in [1.165, 1.54) is 0 Å². The Morgan fingerprint density at radius 2 is 1.49 bits per heavy atom. The van der Waals surface area contributed by atoms with Gasteiger partial charge in [0.15, 0.2) is 5.76 Å². The number of aromatic nitrogens is 1. The molecule has 1 aliphatic rings. The lowest BCUT2D eigenvalue weighted by atomic mass is 9.92. The Kier molecular flexibility index (Phi) is 6.89. The van der Waals surface area contributed by atoms with Crippen molar-refractivity contribution in [1.29, 1.82) is 0 Å². The van der Waals surface area contributed by atoms with Gasteiger partial charge < -0.3 is 14.5 Å². The van der Waals surface area contributed by atoms with E-state index in [1.807, 2.05) is 97.7 Å². The fourth-order valence-corrected chi connectivity index (χ4v) is 5.21. The largest absolute Gasteiger partial charge is 0.481 e. The van der Waals surface area contributed by atoms with Crippen molar-refractivity contribution in [3.8, 4) is 22.5 Å². The molecule has 0 aliphatic heterocycles. The number of hydrogen-bond acceptors (Lipinski definition) is 4. The molecule has 1 amide bonds. The van der Waals surface area contributed by atoms with Crippen LogP contribution >= 0.6 is 0 Å². The highest BCUT2D eigenvalue weighted by Crippen LogP contribution is 2.48. The Labute approximate surface area is 229 Å². The molecule has 6 nitrogen and oxygen atoms in total. The summed E-state index contributed by atoms with van der Waals surface area (Å²) >= 11 is 0. The van der Waals surface area contributed by atoms with E-state index in [1.54, 1.807) is 0 Å². The second kappa shape index (κ2) is 10.2. The van der Waals surface area contributed by atoms with E-state index in [0.717, 1.165) is 39.1 Å². The van der Waals surface area contributed by atoms with Gasteiger partial charge in [0.25, 0.3) is 0 Å². The van der Waals surface area contributed by atoms with Crippen LogP contribution in [0.4, 0.5) is 0 Å². The van der Waals surface area contributed by atoms with Crippen molar-refractivity contribution in [2.75, 3.05) is 7.05 Å². The number of aryl methyl sites for hydroxylation is 1. The second-order valence-electron chi connectivity index (χ2n) is 11.0. The average molecular weight is 523 g/mol. The third-order valence-corrected chi connectivity index (χ3v) is 8.34. The lowest BCUT2D eigenvalue weighted by Gasteiger charge is -2.36. The van der Waals surface area contributed by atoms with Gasteiger partial charge in [0.05, 0.1) is 16.6 Å². The average Bonchev–Trinajstić information content (AvgIpc) is 3.70. The van der Waals surface area contributed by atoms with E-state index in [4.69, 9.17) is 4.52 Å². The minimum absolute atomic E-state index is 0.0603. The summed E-state index contributed by atoms with van der Waals surface area (Å²) in [4.78, 5) is 26.6. The Hall–Kier alpha value is -4.19. The number of amides is 1. The molecule has 0 radical (unpaired) electrons. The number of carbonyl (C=O) groups excluding carboxylic acids is 1. The van der Waals surface area contributed by atoms with Crippen molar-refractivity contribution in [3.05, 3.63) is 101 Å². The maximum atomic E-state index is 13.2. The van der Waals surface area contributed by atoms with Crippen molar-refractivity contribution in [3.63, 3.8) is 0 Å². The molecule has 1 aliphatic carbocycles. The van der Waals surface area contributed by atoms with Gasteiger partial charge in [-0.2, -0.15) is 0 Å². The summed E-state index contributed by atoms with van der Waals surface area (Å²) in [5.74, 6) is 0.000358. The molecule has 0 bridgehead atoms. The zero-order valence-corrected chi connectivity index (χ0v) is 22.9. The van der Waals surface area contributed by atoms with E-state index >= 15 is 0 Å². The molecule has 1 N–H and O–H groups in total. The van der Waals surface area contributed by atoms with Gasteiger partial charge in [0, 0.05) is 24.6 Å². The Balaban J connectivity index is 1.29. The monoisotopic (exact) mass is 522 g/mol. The summed E-state index contributed by atoms with van der Waals surface area (Å²) in [5, 5.41) is 13.7. The molecule has 6 heteroatoms. The lowest BCUT2D eigenvalue weighted by Crippen LogP contribution is -2.42. The molecule has 0 unspecified atom stereocenters. The van der Waals surface area contributed by atoms with Crippen molar-refractivity contribution >= 4 is 11.9 Å². The van der Waals surface area contributed by atoms with Crippen LogP contribution in [0.3, 0.4) is 0 Å². The minimum atomic E-state index is -0.744. The number of rotatable bonds is 9. The first-order valence-electron chi connectivity index (χ1n) is 13.4. The molecule has 1 saturated carbocycles. The molecule has 0 atom stereocenters. The van der Waals surface area contributed by atoms with Gasteiger partial charge in [-0.25, -0.2) is 0 Å². The zero-order chi connectivity index (χ0) is 27.8. The van der Waals surface area contributed by atoms with Crippen LogP contribution in [0.5, 0.6) is 0 Å². The van der Waals surface area contributed by atoms with Gasteiger partial charge in [-0.3, -0.25) is 9.59 Å². The standard InChI is InChI=1S/C33H34N2O4/c1-22-28(18-19-29(36)35(4)32(2,3)26-8-6-5-7-9-26)30(39-34-22)25-12-10-23(11-13-25)24-14-16-27(17-15-24)33(20-21-33)31(37)38/h5-17H,18-21H2,1-4H3,(H,37,38). The Morgan fingerprint density at radius 1 is 0.923 bits per heavy atom. The molecule has 1 heterocycles. The molecule has 0 spiro atoms. The summed E-state index contributed by atoms with van der Waals surface area (Å²) in [6, 6.07) is 25.9. The molecule has 39 heavy (non-hydrogen) atoms. The summed E-state index contributed by atoms with van der Waals surface area (Å²) in [6.45, 7) is 6.02. The first-order valence-corrected chi connectivity index (χ1v) is 13.4. The summed E-state index contributed by atoms with van der Waals surface area (Å²) in [6.07, 6.45) is 2.28. The highest BCUT2D eigenvalue weighted by atomic mass is 16.5. The second-order valence-corrected chi connectivity index (χ2v) is 11.0. The van der Waals surface area contributed by atoms with Gasteiger partial charge >= 0.3 is 5.97 Å². The van der Waals surface area contributed by atoms with E-state index < -0.39 is 16.9 Å². The number of hydrogen-bond donors (Lipinski definition) is 1. The van der Waals surface area contributed by atoms with Gasteiger partial charge in [0.1, 0.15) is 0 Å². The third-order valence-electron chi connectivity index (χ3n) is 8.34. The molecule has 200 valence electrons. The highest BCUT2D eigenvalue weighted by Gasteiger charge is 2.51. The zero-order valence-electron chi connectivity index (χ0n) is 22.9. The number of nitrogens with zero attached hydrogens (tertiary/aromatic N) is 2. The number of carboxylic acid groups (broad SMARTS) is 1.